The number of nitriles is 1. The molecule has 2 saturated heterocycles. The molecule has 9 atom stereocenters. The molecule has 3 aromatic heterocycles. The van der Waals surface area contributed by atoms with Crippen molar-refractivity contribution in [3.05, 3.63) is 72.3 Å². The second kappa shape index (κ2) is 16.8. The number of hydrogen-bond acceptors (Lipinski definition) is 17. The molecule has 3 fully saturated rings. The van der Waals surface area contributed by atoms with Crippen molar-refractivity contribution in [2.24, 2.45) is 11.8 Å². The molecule has 2 N–H and O–H groups in total. The first kappa shape index (κ1) is 40.5. The summed E-state index contributed by atoms with van der Waals surface area (Å²) in [4.78, 5) is 49.3. The van der Waals surface area contributed by atoms with Crippen LogP contribution in [0, 0.1) is 23.2 Å². The van der Waals surface area contributed by atoms with Crippen molar-refractivity contribution in [1.82, 2.24) is 34.5 Å². The highest BCUT2D eigenvalue weighted by Crippen LogP contribution is 2.58. The van der Waals surface area contributed by atoms with Crippen LogP contribution in [0.25, 0.3) is 22.2 Å². The molecule has 1 aliphatic carbocycles. The average Bonchev–Trinajstić information content (AvgIpc) is 3.92. The highest BCUT2D eigenvalue weighted by atomic mass is 32.5. The van der Waals surface area contributed by atoms with Crippen LogP contribution in [0.15, 0.2) is 61.2 Å². The minimum absolute atomic E-state index is 0.0389. The lowest BCUT2D eigenvalue weighted by Gasteiger charge is -2.44. The number of anilines is 1. The monoisotopic (exact) mass is 873 g/mol. The molecule has 2 aromatic carbocycles. The quantitative estimate of drug-likeness (QED) is 0.124. The summed E-state index contributed by atoms with van der Waals surface area (Å²) in [6.07, 6.45) is -3.28. The van der Waals surface area contributed by atoms with Crippen LogP contribution in [0.5, 0.6) is 0 Å². The molecular formula is C34H34FN9O10P2S2. The molecule has 5 heterocycles. The van der Waals surface area contributed by atoms with Gasteiger partial charge in [0.1, 0.15) is 24.1 Å². The lowest BCUT2D eigenvalue weighted by Crippen LogP contribution is -2.43. The summed E-state index contributed by atoms with van der Waals surface area (Å²) in [6, 6.07) is 15.2. The number of amides is 1. The number of hydrogen-bond donors (Lipinski definition) is 2. The topological polar surface area (TPSA) is 229 Å². The average molecular weight is 874 g/mol. The van der Waals surface area contributed by atoms with Crippen molar-refractivity contribution in [3.8, 4) is 6.07 Å². The van der Waals surface area contributed by atoms with Crippen molar-refractivity contribution < 1.29 is 51.0 Å². The molecule has 0 bridgehead atoms. The highest BCUT2D eigenvalue weighted by molar-refractivity contribution is 8.07. The number of imidazole rings is 1. The van der Waals surface area contributed by atoms with E-state index >= 15 is 4.39 Å². The van der Waals surface area contributed by atoms with Crippen molar-refractivity contribution in [3.63, 3.8) is 0 Å². The summed E-state index contributed by atoms with van der Waals surface area (Å²) in [6.45, 7) is -8.60. The number of esters is 1. The number of halogens is 1. The molecule has 2 unspecified atom stereocenters. The number of carbonyl (C=O) groups excluding carboxylic acids is 2. The van der Waals surface area contributed by atoms with E-state index < -0.39 is 56.5 Å². The first-order valence-corrected chi connectivity index (χ1v) is 23.0. The predicted octanol–water partition coefficient (Wildman–Crippen LogP) is 4.54. The van der Waals surface area contributed by atoms with Crippen LogP contribution in [0.1, 0.15) is 45.8 Å². The van der Waals surface area contributed by atoms with Gasteiger partial charge in [-0.2, -0.15) is 5.26 Å². The number of benzene rings is 2. The Morgan fingerprint density at radius 2 is 1.88 bits per heavy atom. The first-order valence-electron chi connectivity index (χ1n) is 17.8. The van der Waals surface area contributed by atoms with Gasteiger partial charge in [-0.05, 0) is 60.2 Å². The van der Waals surface area contributed by atoms with Gasteiger partial charge in [-0.25, -0.2) is 28.8 Å². The third-order valence-electron chi connectivity index (χ3n) is 10.0. The van der Waals surface area contributed by atoms with Crippen molar-refractivity contribution in [2.45, 2.75) is 43.5 Å². The molecule has 3 aliphatic rings. The molecule has 5 aromatic rings. The van der Waals surface area contributed by atoms with E-state index in [4.69, 9.17) is 55.7 Å². The minimum atomic E-state index is -3.98. The summed E-state index contributed by atoms with van der Waals surface area (Å²) in [5.41, 5.74) is 1.84. The van der Waals surface area contributed by atoms with Gasteiger partial charge < -0.3 is 37.8 Å². The number of rotatable bonds is 8. The fraction of sp³-hybridized carbons (Fsp3) is 0.412. The Bertz CT molecular complexity index is 2490. The Morgan fingerprint density at radius 3 is 2.67 bits per heavy atom. The second-order valence-electron chi connectivity index (χ2n) is 13.4. The summed E-state index contributed by atoms with van der Waals surface area (Å²) in [7, 11) is 1.28. The van der Waals surface area contributed by atoms with Crippen LogP contribution in [0.2, 0.25) is 0 Å². The zero-order chi connectivity index (χ0) is 40.6. The largest absolute Gasteiger partial charge is 0.465 e. The molecule has 58 heavy (non-hydrogen) atoms. The van der Waals surface area contributed by atoms with E-state index in [0.29, 0.717) is 23.0 Å². The zero-order valence-corrected chi connectivity index (χ0v) is 33.8. The summed E-state index contributed by atoms with van der Waals surface area (Å²) < 4.78 is 60.9. The molecule has 24 heteroatoms. The van der Waals surface area contributed by atoms with E-state index in [0.717, 1.165) is 0 Å². The maximum atomic E-state index is 16.9. The molecular weight excluding hydrogens is 840 g/mol. The third-order valence-corrected chi connectivity index (χ3v) is 14.0. The zero-order valence-electron chi connectivity index (χ0n) is 30.3. The van der Waals surface area contributed by atoms with E-state index in [-0.39, 0.29) is 66.7 Å². The van der Waals surface area contributed by atoms with Gasteiger partial charge in [0.15, 0.2) is 29.4 Å². The van der Waals surface area contributed by atoms with Gasteiger partial charge in [0, 0.05) is 11.5 Å². The van der Waals surface area contributed by atoms with Gasteiger partial charge in [0.05, 0.1) is 69.5 Å². The van der Waals surface area contributed by atoms with Crippen LogP contribution < -0.4 is 5.32 Å². The first-order chi connectivity index (χ1) is 28.0. The second-order valence-corrected chi connectivity index (χ2v) is 19.2. The molecule has 19 nitrogen and oxygen atoms in total. The Balaban J connectivity index is 1.06. The predicted molar refractivity (Wildman–Crippen MR) is 208 cm³/mol. The third kappa shape index (κ3) is 8.05. The minimum Gasteiger partial charge on any atom is -0.465 e. The van der Waals surface area contributed by atoms with Gasteiger partial charge >= 0.3 is 19.4 Å². The number of fused-ring (bicyclic) bond motifs is 4. The maximum Gasteiger partial charge on any atom is 0.340 e. The molecule has 8 rings (SSSR count). The SMILES string of the molecule is COC(=O)c1cccc2c1nnn2[C@@H]1C[C@@H]2COP(=S)(OCCC#N)O[C@H]3[C@@H](F)[C@H](n4cnc5c(NC(=O)c6ccccc6)ncnc54)O[C@@H]3COP(O)(=S)OC[C@H]21. The molecule has 0 spiro atoms. The summed E-state index contributed by atoms with van der Waals surface area (Å²) in [5.74, 6) is -1.60. The van der Waals surface area contributed by atoms with E-state index in [2.05, 4.69) is 30.6 Å². The van der Waals surface area contributed by atoms with E-state index in [1.807, 2.05) is 6.07 Å². The van der Waals surface area contributed by atoms with Gasteiger partial charge in [-0.1, -0.05) is 29.5 Å². The summed E-state index contributed by atoms with van der Waals surface area (Å²) in [5, 5.41) is 20.5. The molecule has 0 radical (unpaired) electrons. The lowest BCUT2D eigenvalue weighted by atomic mass is 9.70. The van der Waals surface area contributed by atoms with Crippen molar-refractivity contribution in [1.29, 1.82) is 5.26 Å². The Morgan fingerprint density at radius 1 is 1.07 bits per heavy atom. The standard InChI is InChI=1S/C34H34FN9O10P2S2/c1-48-34(46)21-9-5-10-23-27(21)41-42-44(23)24-13-20-14-52-56(58,49-12-6-11-36)54-29-25(16-51-55(47,57)50-15-22(20)24)53-33(26(29)35)43-18-39-28-30(37-17-38-31(28)43)40-32(45)19-7-3-2-4-8-19/h2-5,7-10,17-18,20,22,24-26,29,33H,6,12-16H2,1H3,(H,47,57)(H,37,38,40,45)/t20-,22-,24-,25-,26-,29-,33-,55?,56?/m1/s1. The van der Waals surface area contributed by atoms with Crippen molar-refractivity contribution >= 4 is 76.9 Å². The molecule has 1 saturated carbocycles. The van der Waals surface area contributed by atoms with Gasteiger partial charge in [-0.3, -0.25) is 13.9 Å². The van der Waals surface area contributed by atoms with E-state index in [9.17, 15) is 19.7 Å². The Labute approximate surface area is 339 Å². The van der Waals surface area contributed by atoms with Gasteiger partial charge in [-0.15, -0.1) is 5.10 Å². The number of methoxy groups -OCH3 is 1. The van der Waals surface area contributed by atoms with Crippen LogP contribution >= 0.6 is 13.4 Å². The van der Waals surface area contributed by atoms with Crippen molar-refractivity contribution in [2.75, 3.05) is 38.9 Å². The highest BCUT2D eigenvalue weighted by Gasteiger charge is 2.52. The van der Waals surface area contributed by atoms with Crippen LogP contribution in [0.3, 0.4) is 0 Å². The fourth-order valence-corrected chi connectivity index (χ4v) is 10.4. The lowest BCUT2D eigenvalue weighted by molar-refractivity contribution is -0.0431. The number of carbonyl (C=O) groups is 2. The van der Waals surface area contributed by atoms with Gasteiger partial charge in [0.2, 0.25) is 0 Å². The molecule has 1 amide bonds. The van der Waals surface area contributed by atoms with Gasteiger partial charge in [0.25, 0.3) is 5.91 Å². The number of alkyl halides is 1. The smallest absolute Gasteiger partial charge is 0.340 e. The Hall–Kier alpha value is -4.23. The number of nitrogens with zero attached hydrogens (tertiary/aromatic N) is 8. The van der Waals surface area contributed by atoms with Crippen LogP contribution in [-0.4, -0.2) is 103 Å². The van der Waals surface area contributed by atoms with Crippen LogP contribution in [0.4, 0.5) is 10.2 Å². The fourth-order valence-electron chi connectivity index (χ4n) is 7.08. The summed E-state index contributed by atoms with van der Waals surface area (Å²) >= 11 is 11.2. The maximum absolute atomic E-state index is 16.9. The number of ether oxygens (including phenoxy) is 2. The molecule has 2 aliphatic heterocycles. The number of nitrogens with one attached hydrogen (secondary N) is 1. The Kier molecular flexibility index (Phi) is 11.7. The molecule has 304 valence electrons. The normalized spacial score (nSPS) is 30.1. The van der Waals surface area contributed by atoms with Crippen LogP contribution in [-0.2, 0) is 55.7 Å². The van der Waals surface area contributed by atoms with E-state index in [1.54, 1.807) is 53.2 Å². The van der Waals surface area contributed by atoms with E-state index in [1.165, 1.54) is 24.3 Å². The number of aromatic nitrogens is 7.